The zero-order chi connectivity index (χ0) is 9.90. The summed E-state index contributed by atoms with van der Waals surface area (Å²) in [5, 5.41) is 0. The fourth-order valence-corrected chi connectivity index (χ4v) is 0.686. The molecule has 0 unspecified atom stereocenters. The van der Waals surface area contributed by atoms with E-state index in [2.05, 4.69) is 15.9 Å². The van der Waals surface area contributed by atoms with Crippen LogP contribution in [0, 0.1) is 12.3 Å². The van der Waals surface area contributed by atoms with E-state index in [0.717, 1.165) is 0 Å². The molecule has 4 nitrogen and oxygen atoms in total. The molecule has 0 atom stereocenters. The van der Waals surface area contributed by atoms with Gasteiger partial charge >= 0.3 is 0 Å². The molecular formula is C9H11N3O. The van der Waals surface area contributed by atoms with Gasteiger partial charge in [0.2, 0.25) is 0 Å². The van der Waals surface area contributed by atoms with Crippen LogP contribution in [0.15, 0.2) is 12.4 Å². The fourth-order valence-electron chi connectivity index (χ4n) is 0.686. The van der Waals surface area contributed by atoms with E-state index in [0.29, 0.717) is 0 Å². The van der Waals surface area contributed by atoms with E-state index in [-0.39, 0.29) is 11.7 Å². The number of aromatic nitrogens is 2. The molecule has 4 heteroatoms. The number of anilines is 1. The molecule has 1 rings (SSSR count). The van der Waals surface area contributed by atoms with Crippen LogP contribution in [0.25, 0.3) is 0 Å². The lowest BCUT2D eigenvalue weighted by Crippen LogP contribution is -2.26. The van der Waals surface area contributed by atoms with E-state index < -0.39 is 5.60 Å². The van der Waals surface area contributed by atoms with Crippen molar-refractivity contribution in [3.05, 3.63) is 12.4 Å². The highest BCUT2D eigenvalue weighted by atomic mass is 16.5. The first kappa shape index (κ1) is 9.33. The van der Waals surface area contributed by atoms with Crippen LogP contribution >= 0.6 is 0 Å². The van der Waals surface area contributed by atoms with Crippen LogP contribution in [-0.2, 0) is 0 Å². The quantitative estimate of drug-likeness (QED) is 0.680. The molecule has 68 valence electrons. The third kappa shape index (κ3) is 2.34. The second kappa shape index (κ2) is 3.31. The summed E-state index contributed by atoms with van der Waals surface area (Å²) in [5.74, 6) is 2.98. The normalized spacial score (nSPS) is 10.5. The molecule has 0 saturated heterocycles. The zero-order valence-corrected chi connectivity index (χ0v) is 7.61. The van der Waals surface area contributed by atoms with E-state index >= 15 is 0 Å². The van der Waals surface area contributed by atoms with Crippen molar-refractivity contribution < 1.29 is 4.74 Å². The second-order valence-electron chi connectivity index (χ2n) is 3.00. The van der Waals surface area contributed by atoms with Gasteiger partial charge in [-0.15, -0.1) is 6.42 Å². The zero-order valence-electron chi connectivity index (χ0n) is 7.61. The Morgan fingerprint density at radius 1 is 1.46 bits per heavy atom. The van der Waals surface area contributed by atoms with Crippen LogP contribution in [0.1, 0.15) is 13.8 Å². The smallest absolute Gasteiger partial charge is 0.258 e. The highest BCUT2D eigenvalue weighted by molar-refractivity contribution is 5.39. The first-order valence-corrected chi connectivity index (χ1v) is 3.78. The monoisotopic (exact) mass is 177 g/mol. The molecule has 1 aromatic rings. The average molecular weight is 177 g/mol. The molecule has 0 fully saturated rings. The highest BCUT2D eigenvalue weighted by Gasteiger charge is 2.18. The Hall–Kier alpha value is -1.76. The van der Waals surface area contributed by atoms with E-state index in [1.165, 1.54) is 12.4 Å². The predicted molar refractivity (Wildman–Crippen MR) is 50.0 cm³/mol. The maximum Gasteiger partial charge on any atom is 0.258 e. The lowest BCUT2D eigenvalue weighted by atomic mass is 10.1. The first-order chi connectivity index (χ1) is 6.05. The third-order valence-corrected chi connectivity index (χ3v) is 1.39. The molecule has 0 aliphatic rings. The van der Waals surface area contributed by atoms with Gasteiger partial charge in [0, 0.05) is 12.4 Å². The van der Waals surface area contributed by atoms with Crippen molar-refractivity contribution in [3.63, 3.8) is 0 Å². The van der Waals surface area contributed by atoms with Gasteiger partial charge in [0.25, 0.3) is 5.88 Å². The molecule has 0 aliphatic carbocycles. The van der Waals surface area contributed by atoms with Gasteiger partial charge in [0.05, 0.1) is 0 Å². The van der Waals surface area contributed by atoms with Crippen molar-refractivity contribution in [1.29, 1.82) is 0 Å². The number of nitrogens with two attached hydrogens (primary N) is 1. The Bertz CT molecular complexity index is 341. The van der Waals surface area contributed by atoms with Crippen molar-refractivity contribution in [1.82, 2.24) is 9.97 Å². The molecule has 0 radical (unpaired) electrons. The molecule has 1 aromatic heterocycles. The van der Waals surface area contributed by atoms with Gasteiger partial charge in [0.15, 0.2) is 11.4 Å². The summed E-state index contributed by atoms with van der Waals surface area (Å²) in [5.41, 5.74) is 4.80. The van der Waals surface area contributed by atoms with Crippen molar-refractivity contribution in [3.8, 4) is 18.2 Å². The largest absolute Gasteiger partial charge is 0.456 e. The van der Waals surface area contributed by atoms with Crippen LogP contribution < -0.4 is 10.5 Å². The number of hydrogen-bond acceptors (Lipinski definition) is 4. The van der Waals surface area contributed by atoms with Crippen LogP contribution in [0.3, 0.4) is 0 Å². The van der Waals surface area contributed by atoms with Gasteiger partial charge in [-0.05, 0) is 13.8 Å². The maximum atomic E-state index is 5.52. The van der Waals surface area contributed by atoms with E-state index in [9.17, 15) is 0 Å². The predicted octanol–water partition coefficient (Wildman–Crippen LogP) is 0.849. The van der Waals surface area contributed by atoms with Crippen LogP contribution in [0.5, 0.6) is 5.88 Å². The molecule has 13 heavy (non-hydrogen) atoms. The van der Waals surface area contributed by atoms with Gasteiger partial charge in [-0.3, -0.25) is 0 Å². The number of ether oxygens (including phenoxy) is 1. The molecule has 0 saturated carbocycles. The summed E-state index contributed by atoms with van der Waals surface area (Å²) in [6.07, 6.45) is 8.23. The van der Waals surface area contributed by atoms with Gasteiger partial charge in [-0.2, -0.15) is 0 Å². The third-order valence-electron chi connectivity index (χ3n) is 1.39. The molecule has 2 N–H and O–H groups in total. The second-order valence-corrected chi connectivity index (χ2v) is 3.00. The van der Waals surface area contributed by atoms with Gasteiger partial charge in [-0.1, -0.05) is 5.92 Å². The highest BCUT2D eigenvalue weighted by Crippen LogP contribution is 2.19. The topological polar surface area (TPSA) is 61.0 Å². The van der Waals surface area contributed by atoms with Crippen LogP contribution in [0.4, 0.5) is 5.82 Å². The van der Waals surface area contributed by atoms with Crippen molar-refractivity contribution in [2.24, 2.45) is 0 Å². The average Bonchev–Trinajstić information content (AvgIpc) is 2.09. The summed E-state index contributed by atoms with van der Waals surface area (Å²) in [4.78, 5) is 7.73. The lowest BCUT2D eigenvalue weighted by molar-refractivity contribution is 0.165. The first-order valence-electron chi connectivity index (χ1n) is 3.78. The molecule has 1 heterocycles. The van der Waals surface area contributed by atoms with Gasteiger partial charge < -0.3 is 10.5 Å². The molecule has 0 amide bonds. The lowest BCUT2D eigenvalue weighted by Gasteiger charge is -2.19. The Morgan fingerprint density at radius 2 is 2.08 bits per heavy atom. The minimum absolute atomic E-state index is 0.242. The number of terminal acetylenes is 1. The number of nitrogen functional groups attached to an aromatic ring is 1. The molecular weight excluding hydrogens is 166 g/mol. The van der Waals surface area contributed by atoms with Gasteiger partial charge in [0.1, 0.15) is 0 Å². The summed E-state index contributed by atoms with van der Waals surface area (Å²) in [6.45, 7) is 3.50. The summed E-state index contributed by atoms with van der Waals surface area (Å²) in [6, 6.07) is 0. The number of hydrogen-bond donors (Lipinski definition) is 1. The Balaban J connectivity index is 2.88. The van der Waals surface area contributed by atoms with Crippen molar-refractivity contribution >= 4 is 5.82 Å². The standard InChI is InChI=1S/C9H11N3O/c1-4-9(2,3)13-8-7(10)11-5-6-12-8/h1,5-6H,2-3H3,(H2,10,11). The minimum Gasteiger partial charge on any atom is -0.456 e. The van der Waals surface area contributed by atoms with Gasteiger partial charge in [-0.25, -0.2) is 9.97 Å². The summed E-state index contributed by atoms with van der Waals surface area (Å²) < 4.78 is 5.35. The molecule has 0 spiro atoms. The molecule has 0 aliphatic heterocycles. The number of rotatable bonds is 2. The fraction of sp³-hybridized carbons (Fsp3) is 0.333. The Morgan fingerprint density at radius 3 is 2.62 bits per heavy atom. The van der Waals surface area contributed by atoms with E-state index in [4.69, 9.17) is 16.9 Å². The molecule has 0 aromatic carbocycles. The van der Waals surface area contributed by atoms with Crippen LogP contribution in [0.2, 0.25) is 0 Å². The SMILES string of the molecule is C#CC(C)(C)Oc1nccnc1N. The maximum absolute atomic E-state index is 5.52. The molecule has 0 bridgehead atoms. The van der Waals surface area contributed by atoms with Crippen molar-refractivity contribution in [2.75, 3.05) is 5.73 Å². The number of nitrogens with zero attached hydrogens (tertiary/aromatic N) is 2. The van der Waals surface area contributed by atoms with Crippen LogP contribution in [-0.4, -0.2) is 15.6 Å². The van der Waals surface area contributed by atoms with Crippen molar-refractivity contribution in [2.45, 2.75) is 19.4 Å². The Kier molecular flexibility index (Phi) is 2.38. The minimum atomic E-state index is -0.718. The van der Waals surface area contributed by atoms with E-state index in [1.54, 1.807) is 13.8 Å². The summed E-state index contributed by atoms with van der Waals surface area (Å²) in [7, 11) is 0. The van der Waals surface area contributed by atoms with E-state index in [1.807, 2.05) is 0 Å². The summed E-state index contributed by atoms with van der Waals surface area (Å²) >= 11 is 0. The Labute approximate surface area is 77.1 Å².